The van der Waals surface area contributed by atoms with E-state index in [2.05, 4.69) is 65.1 Å². The quantitative estimate of drug-likeness (QED) is 0.715. The van der Waals surface area contributed by atoms with E-state index in [0.29, 0.717) is 6.04 Å². The Kier molecular flexibility index (Phi) is 4.48. The van der Waals surface area contributed by atoms with E-state index in [0.717, 1.165) is 22.6 Å². The summed E-state index contributed by atoms with van der Waals surface area (Å²) in [6.07, 6.45) is 5.25. The maximum atomic E-state index is 4.94. The molecule has 2 nitrogen and oxygen atoms in total. The SMILES string of the molecule is CC1CCC(N(C)c2nc3ccccc3cc2CBr)CC1. The monoisotopic (exact) mass is 346 g/mol. The summed E-state index contributed by atoms with van der Waals surface area (Å²) in [6, 6.07) is 11.3. The van der Waals surface area contributed by atoms with Crippen molar-refractivity contribution in [1.29, 1.82) is 0 Å². The molecule has 0 radical (unpaired) electrons. The van der Waals surface area contributed by atoms with Crippen LogP contribution in [0, 0.1) is 5.92 Å². The molecule has 1 aromatic carbocycles. The fourth-order valence-corrected chi connectivity index (χ4v) is 3.77. The highest BCUT2D eigenvalue weighted by Crippen LogP contribution is 2.32. The fourth-order valence-electron chi connectivity index (χ4n) is 3.36. The van der Waals surface area contributed by atoms with Crippen LogP contribution in [-0.2, 0) is 5.33 Å². The summed E-state index contributed by atoms with van der Waals surface area (Å²) in [5.41, 5.74) is 2.38. The number of hydrogen-bond donors (Lipinski definition) is 0. The molecule has 0 amide bonds. The molecule has 21 heavy (non-hydrogen) atoms. The molecule has 0 unspecified atom stereocenters. The minimum Gasteiger partial charge on any atom is -0.356 e. The molecule has 1 saturated carbocycles. The van der Waals surface area contributed by atoms with Crippen molar-refractivity contribution in [3.8, 4) is 0 Å². The number of anilines is 1. The van der Waals surface area contributed by atoms with Gasteiger partial charge in [-0.1, -0.05) is 41.1 Å². The van der Waals surface area contributed by atoms with Crippen LogP contribution >= 0.6 is 15.9 Å². The summed E-state index contributed by atoms with van der Waals surface area (Å²) < 4.78 is 0. The van der Waals surface area contributed by atoms with Gasteiger partial charge in [-0.2, -0.15) is 0 Å². The second kappa shape index (κ2) is 6.35. The van der Waals surface area contributed by atoms with Gasteiger partial charge in [0.2, 0.25) is 0 Å². The van der Waals surface area contributed by atoms with Crippen LogP contribution in [-0.4, -0.2) is 18.1 Å². The lowest BCUT2D eigenvalue weighted by atomic mass is 9.86. The molecule has 2 aromatic rings. The Labute approximate surface area is 135 Å². The molecule has 1 aliphatic rings. The zero-order valence-corrected chi connectivity index (χ0v) is 14.4. The average molecular weight is 347 g/mol. The second-order valence-electron chi connectivity index (χ2n) is 6.32. The van der Waals surface area contributed by atoms with E-state index in [1.54, 1.807) is 0 Å². The number of rotatable bonds is 3. The third-order valence-electron chi connectivity index (χ3n) is 4.79. The van der Waals surface area contributed by atoms with Gasteiger partial charge in [-0.25, -0.2) is 4.98 Å². The minimum atomic E-state index is 0.632. The maximum absolute atomic E-state index is 4.94. The van der Waals surface area contributed by atoms with E-state index in [1.807, 2.05) is 0 Å². The molecular formula is C18H23BrN2. The van der Waals surface area contributed by atoms with Gasteiger partial charge in [0.1, 0.15) is 5.82 Å². The van der Waals surface area contributed by atoms with Crippen molar-refractivity contribution >= 4 is 32.7 Å². The number of fused-ring (bicyclic) bond motifs is 1. The van der Waals surface area contributed by atoms with Gasteiger partial charge in [-0.05, 0) is 43.7 Å². The van der Waals surface area contributed by atoms with E-state index in [9.17, 15) is 0 Å². The first-order valence-corrected chi connectivity index (χ1v) is 8.98. The lowest BCUT2D eigenvalue weighted by Gasteiger charge is -2.35. The molecule has 0 saturated heterocycles. The summed E-state index contributed by atoms with van der Waals surface area (Å²) in [4.78, 5) is 7.35. The van der Waals surface area contributed by atoms with Crippen molar-refractivity contribution in [2.24, 2.45) is 5.92 Å². The number of hydrogen-bond acceptors (Lipinski definition) is 2. The first-order valence-electron chi connectivity index (χ1n) is 7.86. The van der Waals surface area contributed by atoms with E-state index in [4.69, 9.17) is 4.98 Å². The van der Waals surface area contributed by atoms with Crippen LogP contribution in [0.5, 0.6) is 0 Å². The first kappa shape index (κ1) is 14.8. The summed E-state index contributed by atoms with van der Waals surface area (Å²) in [5, 5.41) is 2.08. The first-order chi connectivity index (χ1) is 10.2. The van der Waals surface area contributed by atoms with E-state index in [-0.39, 0.29) is 0 Å². The molecule has 3 heteroatoms. The Morgan fingerprint density at radius 3 is 2.62 bits per heavy atom. The van der Waals surface area contributed by atoms with E-state index >= 15 is 0 Å². The van der Waals surface area contributed by atoms with Gasteiger partial charge in [0.15, 0.2) is 0 Å². The summed E-state index contributed by atoms with van der Waals surface area (Å²) in [6.45, 7) is 2.37. The highest BCUT2D eigenvalue weighted by molar-refractivity contribution is 9.08. The van der Waals surface area contributed by atoms with Gasteiger partial charge in [-0.15, -0.1) is 0 Å². The molecule has 1 aliphatic carbocycles. The van der Waals surface area contributed by atoms with Crippen LogP contribution in [0.1, 0.15) is 38.2 Å². The largest absolute Gasteiger partial charge is 0.356 e. The highest BCUT2D eigenvalue weighted by atomic mass is 79.9. The molecule has 112 valence electrons. The summed E-state index contributed by atoms with van der Waals surface area (Å²) >= 11 is 3.63. The van der Waals surface area contributed by atoms with Crippen molar-refractivity contribution in [2.45, 2.75) is 44.0 Å². The average Bonchev–Trinajstić information content (AvgIpc) is 2.53. The summed E-state index contributed by atoms with van der Waals surface area (Å²) in [5.74, 6) is 2.03. The number of para-hydroxylation sites is 1. The van der Waals surface area contributed by atoms with Crippen molar-refractivity contribution in [3.63, 3.8) is 0 Å². The van der Waals surface area contributed by atoms with Crippen LogP contribution in [0.15, 0.2) is 30.3 Å². The number of pyridine rings is 1. The lowest BCUT2D eigenvalue weighted by molar-refractivity contribution is 0.340. The van der Waals surface area contributed by atoms with Crippen molar-refractivity contribution in [3.05, 3.63) is 35.9 Å². The minimum absolute atomic E-state index is 0.632. The number of benzene rings is 1. The van der Waals surface area contributed by atoms with Crippen LogP contribution in [0.25, 0.3) is 10.9 Å². The molecule has 0 N–H and O–H groups in total. The molecular weight excluding hydrogens is 324 g/mol. The second-order valence-corrected chi connectivity index (χ2v) is 6.88. The Morgan fingerprint density at radius 1 is 1.19 bits per heavy atom. The molecule has 1 fully saturated rings. The van der Waals surface area contributed by atoms with Crippen molar-refractivity contribution in [1.82, 2.24) is 4.98 Å². The standard InChI is InChI=1S/C18H23BrN2/c1-13-7-9-16(10-8-13)21(2)18-15(12-19)11-14-5-3-4-6-17(14)20-18/h3-6,11,13,16H,7-10,12H2,1-2H3. The normalized spacial score (nSPS) is 22.4. The third kappa shape index (κ3) is 3.08. The van der Waals surface area contributed by atoms with Gasteiger partial charge in [0.05, 0.1) is 5.52 Å². The third-order valence-corrected chi connectivity index (χ3v) is 5.40. The molecule has 0 spiro atoms. The number of nitrogens with zero attached hydrogens (tertiary/aromatic N) is 2. The van der Waals surface area contributed by atoms with Crippen molar-refractivity contribution in [2.75, 3.05) is 11.9 Å². The van der Waals surface area contributed by atoms with Gasteiger partial charge < -0.3 is 4.90 Å². The summed E-state index contributed by atoms with van der Waals surface area (Å²) in [7, 11) is 2.21. The van der Waals surface area contributed by atoms with Crippen LogP contribution < -0.4 is 4.90 Å². The van der Waals surface area contributed by atoms with Crippen LogP contribution in [0.2, 0.25) is 0 Å². The van der Waals surface area contributed by atoms with Gasteiger partial charge in [0.25, 0.3) is 0 Å². The fraction of sp³-hybridized carbons (Fsp3) is 0.500. The Hall–Kier alpha value is -1.09. The smallest absolute Gasteiger partial charge is 0.133 e. The number of halogens is 1. The number of aromatic nitrogens is 1. The Balaban J connectivity index is 1.94. The maximum Gasteiger partial charge on any atom is 0.133 e. The van der Waals surface area contributed by atoms with Gasteiger partial charge in [0, 0.05) is 29.4 Å². The van der Waals surface area contributed by atoms with Gasteiger partial charge in [-0.3, -0.25) is 0 Å². The van der Waals surface area contributed by atoms with Crippen molar-refractivity contribution < 1.29 is 0 Å². The molecule has 0 atom stereocenters. The topological polar surface area (TPSA) is 16.1 Å². The Bertz CT molecular complexity index is 618. The highest BCUT2D eigenvalue weighted by Gasteiger charge is 2.24. The molecule has 1 aromatic heterocycles. The molecule has 0 aliphatic heterocycles. The van der Waals surface area contributed by atoms with E-state index < -0.39 is 0 Å². The lowest BCUT2D eigenvalue weighted by Crippen LogP contribution is -2.35. The predicted molar refractivity (Wildman–Crippen MR) is 94.2 cm³/mol. The van der Waals surface area contributed by atoms with Crippen LogP contribution in [0.3, 0.4) is 0 Å². The van der Waals surface area contributed by atoms with E-state index in [1.165, 1.54) is 36.6 Å². The predicted octanol–water partition coefficient (Wildman–Crippen LogP) is 5.14. The Morgan fingerprint density at radius 2 is 1.90 bits per heavy atom. The molecule has 3 rings (SSSR count). The number of alkyl halides is 1. The molecule has 0 bridgehead atoms. The van der Waals surface area contributed by atoms with Crippen LogP contribution in [0.4, 0.5) is 5.82 Å². The molecule has 1 heterocycles. The zero-order chi connectivity index (χ0) is 14.8. The zero-order valence-electron chi connectivity index (χ0n) is 12.8. The van der Waals surface area contributed by atoms with Gasteiger partial charge >= 0.3 is 0 Å².